The van der Waals surface area contributed by atoms with E-state index < -0.39 is 0 Å². The van der Waals surface area contributed by atoms with Gasteiger partial charge in [0.2, 0.25) is 0 Å². The molecule has 21 heavy (non-hydrogen) atoms. The van der Waals surface area contributed by atoms with Gasteiger partial charge in [0.05, 0.1) is 7.11 Å². The third-order valence-electron chi connectivity index (χ3n) is 3.88. The van der Waals surface area contributed by atoms with Crippen molar-refractivity contribution in [2.45, 2.75) is 18.6 Å². The minimum atomic E-state index is 0.0413. The molecule has 2 aromatic carbocycles. The van der Waals surface area contributed by atoms with E-state index in [2.05, 4.69) is 39.4 Å². The van der Waals surface area contributed by atoms with E-state index in [1.54, 1.807) is 7.11 Å². The number of hydrogen-bond acceptors (Lipinski definition) is 3. The van der Waals surface area contributed by atoms with E-state index in [0.717, 1.165) is 22.4 Å². The maximum atomic E-state index is 6.21. The third-order valence-corrected chi connectivity index (χ3v) is 4.38. The highest BCUT2D eigenvalue weighted by molar-refractivity contribution is 9.10. The summed E-state index contributed by atoms with van der Waals surface area (Å²) >= 11 is 3.52. The standard InChI is InChI=1S/C17H18BrNO2/c1-19-15-10-16(11-4-3-5-12(18)8-11)21-17-9-13(20-2)6-7-14(15)17/h3-9,15-16,19H,10H2,1-2H3. The molecule has 110 valence electrons. The quantitative estimate of drug-likeness (QED) is 0.900. The van der Waals surface area contributed by atoms with Gasteiger partial charge in [0, 0.05) is 28.6 Å². The van der Waals surface area contributed by atoms with E-state index in [4.69, 9.17) is 9.47 Å². The van der Waals surface area contributed by atoms with Crippen molar-refractivity contribution in [1.29, 1.82) is 0 Å². The molecule has 0 aliphatic carbocycles. The van der Waals surface area contributed by atoms with E-state index in [9.17, 15) is 0 Å². The number of hydrogen-bond donors (Lipinski definition) is 1. The van der Waals surface area contributed by atoms with Crippen molar-refractivity contribution in [1.82, 2.24) is 5.32 Å². The Morgan fingerprint density at radius 2 is 2.10 bits per heavy atom. The molecule has 0 saturated heterocycles. The van der Waals surface area contributed by atoms with Crippen LogP contribution in [0.15, 0.2) is 46.9 Å². The summed E-state index contributed by atoms with van der Waals surface area (Å²) in [6.45, 7) is 0. The van der Waals surface area contributed by atoms with Crippen molar-refractivity contribution in [2.24, 2.45) is 0 Å². The number of halogens is 1. The molecule has 0 radical (unpaired) electrons. The summed E-state index contributed by atoms with van der Waals surface area (Å²) in [6.07, 6.45) is 0.950. The zero-order valence-corrected chi connectivity index (χ0v) is 13.7. The van der Waals surface area contributed by atoms with Gasteiger partial charge in [-0.2, -0.15) is 0 Å². The summed E-state index contributed by atoms with van der Waals surface area (Å²) in [4.78, 5) is 0. The second-order valence-corrected chi connectivity index (χ2v) is 6.06. The van der Waals surface area contributed by atoms with Crippen LogP contribution >= 0.6 is 15.9 Å². The van der Waals surface area contributed by atoms with Crippen molar-refractivity contribution in [3.63, 3.8) is 0 Å². The van der Waals surface area contributed by atoms with Crippen LogP contribution in [-0.2, 0) is 0 Å². The molecule has 2 unspecified atom stereocenters. The molecule has 2 atom stereocenters. The Balaban J connectivity index is 1.97. The zero-order valence-electron chi connectivity index (χ0n) is 12.1. The lowest BCUT2D eigenvalue weighted by Gasteiger charge is -2.32. The van der Waals surface area contributed by atoms with E-state index in [1.807, 2.05) is 31.3 Å². The van der Waals surface area contributed by atoms with Gasteiger partial charge in [-0.3, -0.25) is 0 Å². The van der Waals surface area contributed by atoms with Gasteiger partial charge in [0.15, 0.2) is 0 Å². The van der Waals surface area contributed by atoms with Crippen molar-refractivity contribution in [3.8, 4) is 11.5 Å². The van der Waals surface area contributed by atoms with Gasteiger partial charge in [-0.1, -0.05) is 34.1 Å². The first-order valence-corrected chi connectivity index (χ1v) is 7.78. The first-order chi connectivity index (χ1) is 10.2. The average Bonchev–Trinajstić information content (AvgIpc) is 2.53. The molecule has 1 aliphatic rings. The molecule has 1 aliphatic heterocycles. The number of methoxy groups -OCH3 is 1. The van der Waals surface area contributed by atoms with Crippen LogP contribution in [0.2, 0.25) is 0 Å². The van der Waals surface area contributed by atoms with Crippen LogP contribution in [0.4, 0.5) is 0 Å². The molecule has 0 spiro atoms. The Morgan fingerprint density at radius 3 is 2.81 bits per heavy atom. The minimum Gasteiger partial charge on any atom is -0.497 e. The monoisotopic (exact) mass is 347 g/mol. The summed E-state index contributed by atoms with van der Waals surface area (Å²) < 4.78 is 12.6. The molecular weight excluding hydrogens is 330 g/mol. The van der Waals surface area contributed by atoms with Gasteiger partial charge in [0.25, 0.3) is 0 Å². The Kier molecular flexibility index (Phi) is 4.17. The normalized spacial score (nSPS) is 20.5. The fraction of sp³-hybridized carbons (Fsp3) is 0.294. The lowest BCUT2D eigenvalue weighted by atomic mass is 9.93. The van der Waals surface area contributed by atoms with Crippen LogP contribution in [-0.4, -0.2) is 14.2 Å². The maximum absolute atomic E-state index is 6.21. The molecular formula is C17H18BrNO2. The van der Waals surface area contributed by atoms with E-state index in [0.29, 0.717) is 0 Å². The van der Waals surface area contributed by atoms with Gasteiger partial charge in [-0.15, -0.1) is 0 Å². The molecule has 2 aromatic rings. The Morgan fingerprint density at radius 1 is 1.24 bits per heavy atom. The second-order valence-electron chi connectivity index (χ2n) is 5.14. The molecule has 3 rings (SSSR count). The zero-order chi connectivity index (χ0) is 14.8. The second kappa shape index (κ2) is 6.08. The predicted molar refractivity (Wildman–Crippen MR) is 86.9 cm³/mol. The third kappa shape index (κ3) is 2.92. The predicted octanol–water partition coefficient (Wildman–Crippen LogP) is 4.24. The number of fused-ring (bicyclic) bond motifs is 1. The smallest absolute Gasteiger partial charge is 0.128 e. The van der Waals surface area contributed by atoms with Crippen LogP contribution in [0, 0.1) is 0 Å². The topological polar surface area (TPSA) is 30.5 Å². The molecule has 0 aromatic heterocycles. The van der Waals surface area contributed by atoms with Crippen LogP contribution in [0.5, 0.6) is 11.5 Å². The fourth-order valence-electron chi connectivity index (χ4n) is 2.76. The summed E-state index contributed by atoms with van der Waals surface area (Å²) in [5, 5.41) is 3.38. The van der Waals surface area contributed by atoms with Gasteiger partial charge < -0.3 is 14.8 Å². The van der Waals surface area contributed by atoms with Gasteiger partial charge in [0.1, 0.15) is 17.6 Å². The largest absolute Gasteiger partial charge is 0.497 e. The van der Waals surface area contributed by atoms with Crippen molar-refractivity contribution in [3.05, 3.63) is 58.1 Å². The highest BCUT2D eigenvalue weighted by Crippen LogP contribution is 2.42. The maximum Gasteiger partial charge on any atom is 0.128 e. The Hall–Kier alpha value is -1.52. The molecule has 3 nitrogen and oxygen atoms in total. The molecule has 0 fully saturated rings. The first kappa shape index (κ1) is 14.4. The van der Waals surface area contributed by atoms with Crippen molar-refractivity contribution in [2.75, 3.05) is 14.2 Å². The summed E-state index contributed by atoms with van der Waals surface area (Å²) in [5.74, 6) is 1.71. The molecule has 1 N–H and O–H groups in total. The lowest BCUT2D eigenvalue weighted by Crippen LogP contribution is -2.26. The van der Waals surface area contributed by atoms with Crippen LogP contribution < -0.4 is 14.8 Å². The van der Waals surface area contributed by atoms with E-state index >= 15 is 0 Å². The fourth-order valence-corrected chi connectivity index (χ4v) is 3.18. The lowest BCUT2D eigenvalue weighted by molar-refractivity contribution is 0.153. The Labute approximate surface area is 133 Å². The molecule has 4 heteroatoms. The number of benzene rings is 2. The number of rotatable bonds is 3. The van der Waals surface area contributed by atoms with Gasteiger partial charge >= 0.3 is 0 Å². The van der Waals surface area contributed by atoms with Crippen LogP contribution in [0.1, 0.15) is 29.7 Å². The van der Waals surface area contributed by atoms with Gasteiger partial charge in [-0.05, 0) is 30.8 Å². The summed E-state index contributed by atoms with van der Waals surface area (Å²) in [6, 6.07) is 14.6. The van der Waals surface area contributed by atoms with Crippen LogP contribution in [0.3, 0.4) is 0 Å². The number of ether oxygens (including phenoxy) is 2. The van der Waals surface area contributed by atoms with Crippen LogP contribution in [0.25, 0.3) is 0 Å². The molecule has 0 saturated carbocycles. The number of nitrogens with one attached hydrogen (secondary N) is 1. The van der Waals surface area contributed by atoms with Crippen molar-refractivity contribution < 1.29 is 9.47 Å². The molecule has 1 heterocycles. The molecule has 0 bridgehead atoms. The average molecular weight is 348 g/mol. The van der Waals surface area contributed by atoms with E-state index in [-0.39, 0.29) is 12.1 Å². The first-order valence-electron chi connectivity index (χ1n) is 6.98. The highest BCUT2D eigenvalue weighted by Gasteiger charge is 2.28. The van der Waals surface area contributed by atoms with E-state index in [1.165, 1.54) is 11.1 Å². The minimum absolute atomic E-state index is 0.0413. The summed E-state index contributed by atoms with van der Waals surface area (Å²) in [7, 11) is 3.66. The Bertz CT molecular complexity index is 644. The molecule has 0 amide bonds. The van der Waals surface area contributed by atoms with Crippen molar-refractivity contribution >= 4 is 15.9 Å². The van der Waals surface area contributed by atoms with Gasteiger partial charge in [-0.25, -0.2) is 0 Å². The summed E-state index contributed by atoms with van der Waals surface area (Å²) in [5.41, 5.74) is 2.36. The highest BCUT2D eigenvalue weighted by atomic mass is 79.9. The SMILES string of the molecule is CNC1CC(c2cccc(Br)c2)Oc2cc(OC)ccc21.